The highest BCUT2D eigenvalue weighted by Crippen LogP contribution is 2.46. The molecule has 1 aliphatic rings. The summed E-state index contributed by atoms with van der Waals surface area (Å²) in [5, 5.41) is 6.79. The van der Waals surface area contributed by atoms with Crippen molar-refractivity contribution in [1.29, 1.82) is 0 Å². The van der Waals surface area contributed by atoms with E-state index in [4.69, 9.17) is 5.73 Å². The average Bonchev–Trinajstić information content (AvgIpc) is 2.42. The van der Waals surface area contributed by atoms with Crippen LogP contribution in [0.1, 0.15) is 25.0 Å². The maximum absolute atomic E-state index is 5.45. The van der Waals surface area contributed by atoms with E-state index in [0.29, 0.717) is 11.7 Å². The summed E-state index contributed by atoms with van der Waals surface area (Å²) in [5.41, 5.74) is 6.65. The summed E-state index contributed by atoms with van der Waals surface area (Å²) >= 11 is 0. The van der Waals surface area contributed by atoms with Crippen LogP contribution in [-0.2, 0) is 0 Å². The molecule has 2 rings (SSSR count). The third-order valence-electron chi connectivity index (χ3n) is 2.13. The Balaban J connectivity index is 2.20. The van der Waals surface area contributed by atoms with Crippen molar-refractivity contribution < 1.29 is 0 Å². The van der Waals surface area contributed by atoms with Crippen LogP contribution in [0, 0.1) is 5.92 Å². The van der Waals surface area contributed by atoms with Crippen molar-refractivity contribution >= 4 is 5.82 Å². The van der Waals surface area contributed by atoms with Gasteiger partial charge in [0.15, 0.2) is 0 Å². The minimum absolute atomic E-state index is 0.606. The first-order chi connectivity index (χ1) is 4.77. The summed E-state index contributed by atoms with van der Waals surface area (Å²) in [6, 6.07) is 1.92. The van der Waals surface area contributed by atoms with Gasteiger partial charge in [0.2, 0.25) is 0 Å². The number of hydrogen-bond acceptors (Lipinski definition) is 2. The van der Waals surface area contributed by atoms with E-state index >= 15 is 0 Å². The number of nitrogen functional groups attached to an aromatic ring is 1. The molecular formula is C7H11N3. The van der Waals surface area contributed by atoms with E-state index in [1.165, 1.54) is 12.1 Å². The van der Waals surface area contributed by atoms with Crippen LogP contribution in [0.5, 0.6) is 0 Å². The van der Waals surface area contributed by atoms with Crippen LogP contribution in [0.25, 0.3) is 0 Å². The standard InChI is InChI=1S/C7H11N3/c1-4-2-5(4)6-3-7(8)10-9-6/h3-5H,2H2,1H3,(H3,8,9,10)/t4-,5?/m1/s1. The quantitative estimate of drug-likeness (QED) is 0.609. The van der Waals surface area contributed by atoms with Gasteiger partial charge in [-0.15, -0.1) is 0 Å². The Kier molecular flexibility index (Phi) is 1.01. The van der Waals surface area contributed by atoms with Gasteiger partial charge in [0.05, 0.1) is 0 Å². The molecule has 1 aromatic heterocycles. The van der Waals surface area contributed by atoms with E-state index in [-0.39, 0.29) is 0 Å². The predicted molar refractivity (Wildman–Crippen MR) is 39.5 cm³/mol. The van der Waals surface area contributed by atoms with Crippen LogP contribution < -0.4 is 5.73 Å². The van der Waals surface area contributed by atoms with Crippen LogP contribution in [0.3, 0.4) is 0 Å². The normalized spacial score (nSPS) is 30.5. The Morgan fingerprint density at radius 1 is 1.80 bits per heavy atom. The Labute approximate surface area is 59.6 Å². The molecular weight excluding hydrogens is 126 g/mol. The summed E-state index contributed by atoms with van der Waals surface area (Å²) in [4.78, 5) is 0. The fourth-order valence-corrected chi connectivity index (χ4v) is 1.30. The maximum atomic E-state index is 5.45. The number of nitrogens with one attached hydrogen (secondary N) is 1. The smallest absolute Gasteiger partial charge is 0.145 e. The zero-order chi connectivity index (χ0) is 7.14. The molecule has 1 aromatic rings. The van der Waals surface area contributed by atoms with Crippen LogP contribution in [0.15, 0.2) is 6.07 Å². The Hall–Kier alpha value is -0.990. The fraction of sp³-hybridized carbons (Fsp3) is 0.571. The molecule has 1 unspecified atom stereocenters. The van der Waals surface area contributed by atoms with E-state index < -0.39 is 0 Å². The lowest BCUT2D eigenvalue weighted by Gasteiger charge is -1.86. The number of H-pyrrole nitrogens is 1. The first-order valence-corrected chi connectivity index (χ1v) is 3.58. The average molecular weight is 137 g/mol. The zero-order valence-corrected chi connectivity index (χ0v) is 5.96. The second-order valence-electron chi connectivity index (χ2n) is 3.07. The number of anilines is 1. The topological polar surface area (TPSA) is 54.7 Å². The van der Waals surface area contributed by atoms with Gasteiger partial charge in [0.1, 0.15) is 5.82 Å². The molecule has 1 heterocycles. The van der Waals surface area contributed by atoms with E-state index in [0.717, 1.165) is 5.92 Å². The van der Waals surface area contributed by atoms with Crippen LogP contribution in [-0.4, -0.2) is 10.2 Å². The van der Waals surface area contributed by atoms with Gasteiger partial charge >= 0.3 is 0 Å². The van der Waals surface area contributed by atoms with Gasteiger partial charge in [-0.25, -0.2) is 0 Å². The molecule has 0 saturated heterocycles. The molecule has 2 atom stereocenters. The van der Waals surface area contributed by atoms with Gasteiger partial charge in [-0.1, -0.05) is 6.92 Å². The second-order valence-corrected chi connectivity index (χ2v) is 3.07. The number of aromatic amines is 1. The monoisotopic (exact) mass is 137 g/mol. The lowest BCUT2D eigenvalue weighted by Crippen LogP contribution is -1.81. The molecule has 1 saturated carbocycles. The van der Waals surface area contributed by atoms with Crippen molar-refractivity contribution in [3.63, 3.8) is 0 Å². The minimum Gasteiger partial charge on any atom is -0.382 e. The number of rotatable bonds is 1. The molecule has 1 aliphatic carbocycles. The molecule has 3 heteroatoms. The van der Waals surface area contributed by atoms with E-state index in [1.54, 1.807) is 0 Å². The lowest BCUT2D eigenvalue weighted by molar-refractivity contribution is 0.872. The van der Waals surface area contributed by atoms with Crippen molar-refractivity contribution in [1.82, 2.24) is 10.2 Å². The van der Waals surface area contributed by atoms with Gasteiger partial charge in [-0.3, -0.25) is 5.10 Å². The Bertz CT molecular complexity index is 241. The fourth-order valence-electron chi connectivity index (χ4n) is 1.30. The van der Waals surface area contributed by atoms with Crippen molar-refractivity contribution in [3.05, 3.63) is 11.8 Å². The maximum Gasteiger partial charge on any atom is 0.145 e. The lowest BCUT2D eigenvalue weighted by atomic mass is 10.2. The summed E-state index contributed by atoms with van der Waals surface area (Å²) < 4.78 is 0. The largest absolute Gasteiger partial charge is 0.382 e. The minimum atomic E-state index is 0.606. The summed E-state index contributed by atoms with van der Waals surface area (Å²) in [5.74, 6) is 2.12. The number of nitrogens with two attached hydrogens (primary N) is 1. The molecule has 0 aliphatic heterocycles. The summed E-state index contributed by atoms with van der Waals surface area (Å²) in [6.07, 6.45) is 1.28. The molecule has 0 radical (unpaired) electrons. The van der Waals surface area contributed by atoms with Crippen molar-refractivity contribution in [2.45, 2.75) is 19.3 Å². The molecule has 54 valence electrons. The highest BCUT2D eigenvalue weighted by molar-refractivity contribution is 5.32. The zero-order valence-electron chi connectivity index (χ0n) is 5.96. The summed E-state index contributed by atoms with van der Waals surface area (Å²) in [7, 11) is 0. The molecule has 3 N–H and O–H groups in total. The predicted octanol–water partition coefficient (Wildman–Crippen LogP) is 1.12. The molecule has 10 heavy (non-hydrogen) atoms. The van der Waals surface area contributed by atoms with E-state index in [2.05, 4.69) is 17.1 Å². The van der Waals surface area contributed by atoms with E-state index in [1.807, 2.05) is 6.07 Å². The molecule has 1 fully saturated rings. The van der Waals surface area contributed by atoms with Gasteiger partial charge in [-0.2, -0.15) is 5.10 Å². The van der Waals surface area contributed by atoms with Crippen molar-refractivity contribution in [2.24, 2.45) is 5.92 Å². The molecule has 3 nitrogen and oxygen atoms in total. The highest BCUT2D eigenvalue weighted by atomic mass is 15.2. The molecule has 0 amide bonds. The number of hydrogen-bond donors (Lipinski definition) is 2. The van der Waals surface area contributed by atoms with Crippen molar-refractivity contribution in [3.8, 4) is 0 Å². The van der Waals surface area contributed by atoms with E-state index in [9.17, 15) is 0 Å². The molecule has 0 spiro atoms. The first kappa shape index (κ1) is 5.77. The van der Waals surface area contributed by atoms with Crippen molar-refractivity contribution in [2.75, 3.05) is 5.73 Å². The Morgan fingerprint density at radius 3 is 2.90 bits per heavy atom. The van der Waals surface area contributed by atoms with Crippen LogP contribution in [0.4, 0.5) is 5.82 Å². The summed E-state index contributed by atoms with van der Waals surface area (Å²) in [6.45, 7) is 2.24. The number of aromatic nitrogens is 2. The Morgan fingerprint density at radius 2 is 2.50 bits per heavy atom. The highest BCUT2D eigenvalue weighted by Gasteiger charge is 2.35. The molecule has 0 aromatic carbocycles. The SMILES string of the molecule is C[C@@H]1CC1c1cc(N)n[nH]1. The third kappa shape index (κ3) is 0.781. The second kappa shape index (κ2) is 1.75. The first-order valence-electron chi connectivity index (χ1n) is 3.58. The molecule has 0 bridgehead atoms. The van der Waals surface area contributed by atoms with Gasteiger partial charge in [0, 0.05) is 17.7 Å². The van der Waals surface area contributed by atoms with Gasteiger partial charge in [-0.05, 0) is 12.3 Å². The van der Waals surface area contributed by atoms with Gasteiger partial charge < -0.3 is 5.73 Å². The van der Waals surface area contributed by atoms with Crippen LogP contribution in [0.2, 0.25) is 0 Å². The number of nitrogens with zero attached hydrogens (tertiary/aromatic N) is 1. The van der Waals surface area contributed by atoms with Gasteiger partial charge in [0.25, 0.3) is 0 Å². The third-order valence-corrected chi connectivity index (χ3v) is 2.13. The van der Waals surface area contributed by atoms with Crippen LogP contribution >= 0.6 is 0 Å².